The average Bonchev–Trinajstić information content (AvgIpc) is 2.66. The zero-order valence-corrected chi connectivity index (χ0v) is 14.6. The second-order valence-corrected chi connectivity index (χ2v) is 5.84. The molecule has 0 radical (unpaired) electrons. The molecule has 0 heterocycles. The van der Waals surface area contributed by atoms with E-state index in [4.69, 9.17) is 0 Å². The van der Waals surface area contributed by atoms with Crippen LogP contribution in [0.4, 0.5) is 14.5 Å². The molecule has 2 rings (SSSR count). The first-order chi connectivity index (χ1) is 12.7. The molecule has 9 heteroatoms. The van der Waals surface area contributed by atoms with Crippen molar-refractivity contribution in [3.8, 4) is 0 Å². The molecule has 0 fully saturated rings. The van der Waals surface area contributed by atoms with Crippen LogP contribution in [0.3, 0.4) is 0 Å². The summed E-state index contributed by atoms with van der Waals surface area (Å²) in [6, 6.07) is 7.91. The van der Waals surface area contributed by atoms with Crippen molar-refractivity contribution in [2.45, 2.75) is 13.0 Å². The van der Waals surface area contributed by atoms with E-state index in [0.29, 0.717) is 5.56 Å². The molecule has 142 valence electrons. The number of nitro benzene ring substituents is 1. The number of benzene rings is 2. The van der Waals surface area contributed by atoms with Crippen molar-refractivity contribution < 1.29 is 23.3 Å². The molecule has 0 saturated carbocycles. The van der Waals surface area contributed by atoms with Gasteiger partial charge in [0.05, 0.1) is 17.5 Å². The van der Waals surface area contributed by atoms with Crippen molar-refractivity contribution in [3.63, 3.8) is 0 Å². The Kier molecular flexibility index (Phi) is 6.17. The Labute approximate surface area is 153 Å². The van der Waals surface area contributed by atoms with E-state index in [1.54, 1.807) is 6.92 Å². The van der Waals surface area contributed by atoms with Crippen molar-refractivity contribution in [2.75, 3.05) is 13.6 Å². The Morgan fingerprint density at radius 1 is 1.19 bits per heavy atom. The smallest absolute Gasteiger partial charge is 0.270 e. The van der Waals surface area contributed by atoms with E-state index in [1.165, 1.54) is 36.2 Å². The van der Waals surface area contributed by atoms with Crippen LogP contribution in [0.1, 0.15) is 28.9 Å². The number of carbonyl (C=O) groups is 2. The molecule has 2 aromatic rings. The van der Waals surface area contributed by atoms with Gasteiger partial charge in [0.25, 0.3) is 11.6 Å². The fraction of sp³-hybridized carbons (Fsp3) is 0.222. The zero-order valence-electron chi connectivity index (χ0n) is 14.6. The number of rotatable bonds is 6. The normalized spacial score (nSPS) is 11.6. The van der Waals surface area contributed by atoms with Gasteiger partial charge in [0.15, 0.2) is 11.6 Å². The van der Waals surface area contributed by atoms with E-state index < -0.39 is 34.4 Å². The summed E-state index contributed by atoms with van der Waals surface area (Å²) in [5, 5.41) is 13.1. The fourth-order valence-electron chi connectivity index (χ4n) is 2.36. The summed E-state index contributed by atoms with van der Waals surface area (Å²) < 4.78 is 26.4. The SMILES string of the molecule is CC(c1ccc(F)c(F)c1)N(C)C(=O)CNC(=O)c1cccc([N+](=O)[O-])c1. The summed E-state index contributed by atoms with van der Waals surface area (Å²) in [5.74, 6) is -3.10. The van der Waals surface area contributed by atoms with E-state index in [0.717, 1.165) is 18.2 Å². The van der Waals surface area contributed by atoms with E-state index in [9.17, 15) is 28.5 Å². The number of nitrogens with zero attached hydrogens (tertiary/aromatic N) is 2. The van der Waals surface area contributed by atoms with Crippen LogP contribution in [-0.4, -0.2) is 35.2 Å². The third-order valence-electron chi connectivity index (χ3n) is 4.12. The molecule has 2 amide bonds. The lowest BCUT2D eigenvalue weighted by Gasteiger charge is -2.25. The topological polar surface area (TPSA) is 92.6 Å². The highest BCUT2D eigenvalue weighted by molar-refractivity contribution is 5.96. The molecule has 1 atom stereocenters. The standard InChI is InChI=1S/C18H17F2N3O4/c1-11(12-6-7-15(19)16(20)9-12)22(2)17(24)10-21-18(25)13-4-3-5-14(8-13)23(26)27/h3-9,11H,10H2,1-2H3,(H,21,25). The third kappa shape index (κ3) is 4.84. The lowest BCUT2D eigenvalue weighted by atomic mass is 10.1. The van der Waals surface area contributed by atoms with Gasteiger partial charge in [0, 0.05) is 24.7 Å². The second-order valence-electron chi connectivity index (χ2n) is 5.84. The predicted molar refractivity (Wildman–Crippen MR) is 93.0 cm³/mol. The molecule has 7 nitrogen and oxygen atoms in total. The Morgan fingerprint density at radius 3 is 2.52 bits per heavy atom. The zero-order chi connectivity index (χ0) is 20.1. The Hall–Kier alpha value is -3.36. The van der Waals surface area contributed by atoms with Crippen molar-refractivity contribution >= 4 is 17.5 Å². The summed E-state index contributed by atoms with van der Waals surface area (Å²) >= 11 is 0. The van der Waals surface area contributed by atoms with E-state index in [1.807, 2.05) is 0 Å². The molecular formula is C18H17F2N3O4. The number of carbonyl (C=O) groups excluding carboxylic acids is 2. The van der Waals surface area contributed by atoms with E-state index in [-0.39, 0.29) is 17.8 Å². The average molecular weight is 377 g/mol. The van der Waals surface area contributed by atoms with Crippen LogP contribution in [0.2, 0.25) is 0 Å². The van der Waals surface area contributed by atoms with Gasteiger partial charge in [-0.1, -0.05) is 12.1 Å². The number of non-ortho nitro benzene ring substituents is 1. The molecule has 27 heavy (non-hydrogen) atoms. The summed E-state index contributed by atoms with van der Waals surface area (Å²) in [6.45, 7) is 1.28. The Bertz CT molecular complexity index is 889. The first-order valence-electron chi connectivity index (χ1n) is 7.94. The minimum atomic E-state index is -1.01. The number of hydrogen-bond acceptors (Lipinski definition) is 4. The molecular weight excluding hydrogens is 360 g/mol. The molecule has 1 N–H and O–H groups in total. The van der Waals surface area contributed by atoms with Gasteiger partial charge >= 0.3 is 0 Å². The van der Waals surface area contributed by atoms with Crippen molar-refractivity contribution in [1.82, 2.24) is 10.2 Å². The van der Waals surface area contributed by atoms with Crippen LogP contribution >= 0.6 is 0 Å². The first kappa shape index (κ1) is 20.0. The van der Waals surface area contributed by atoms with Crippen molar-refractivity contribution in [1.29, 1.82) is 0 Å². The highest BCUT2D eigenvalue weighted by atomic mass is 19.2. The van der Waals surface area contributed by atoms with Gasteiger partial charge in [-0.2, -0.15) is 0 Å². The summed E-state index contributed by atoms with van der Waals surface area (Å²) in [4.78, 5) is 35.7. The maximum Gasteiger partial charge on any atom is 0.270 e. The molecule has 1 unspecified atom stereocenters. The molecule has 0 aromatic heterocycles. The quantitative estimate of drug-likeness (QED) is 0.619. The lowest BCUT2D eigenvalue weighted by Crippen LogP contribution is -2.39. The number of nitro groups is 1. The molecule has 0 aliphatic rings. The molecule has 0 aliphatic carbocycles. The van der Waals surface area contributed by atoms with Gasteiger partial charge < -0.3 is 10.2 Å². The van der Waals surface area contributed by atoms with Crippen LogP contribution in [0, 0.1) is 21.7 Å². The largest absolute Gasteiger partial charge is 0.343 e. The molecule has 0 aliphatic heterocycles. The van der Waals surface area contributed by atoms with Crippen LogP contribution in [0.15, 0.2) is 42.5 Å². The minimum Gasteiger partial charge on any atom is -0.343 e. The van der Waals surface area contributed by atoms with Gasteiger partial charge in [-0.3, -0.25) is 19.7 Å². The van der Waals surface area contributed by atoms with Crippen LogP contribution in [0.25, 0.3) is 0 Å². The highest BCUT2D eigenvalue weighted by Gasteiger charge is 2.20. The molecule has 0 saturated heterocycles. The van der Waals surface area contributed by atoms with Gasteiger partial charge in [-0.05, 0) is 30.7 Å². The Balaban J connectivity index is 1.99. The first-order valence-corrected chi connectivity index (χ1v) is 7.94. The number of nitrogens with one attached hydrogen (secondary N) is 1. The van der Waals surface area contributed by atoms with Gasteiger partial charge in [0.2, 0.25) is 5.91 Å². The number of hydrogen-bond donors (Lipinski definition) is 1. The van der Waals surface area contributed by atoms with Gasteiger partial charge in [-0.25, -0.2) is 8.78 Å². The van der Waals surface area contributed by atoms with Crippen LogP contribution in [-0.2, 0) is 4.79 Å². The maximum atomic E-state index is 13.4. The predicted octanol–water partition coefficient (Wildman–Crippen LogP) is 2.82. The minimum absolute atomic E-state index is 0.0494. The summed E-state index contributed by atoms with van der Waals surface area (Å²) in [5.41, 5.74) is 0.209. The third-order valence-corrected chi connectivity index (χ3v) is 4.12. The molecule has 0 bridgehead atoms. The summed E-state index contributed by atoms with van der Waals surface area (Å²) in [6.07, 6.45) is 0. The maximum absolute atomic E-state index is 13.4. The molecule has 0 spiro atoms. The molecule has 2 aromatic carbocycles. The highest BCUT2D eigenvalue weighted by Crippen LogP contribution is 2.21. The summed E-state index contributed by atoms with van der Waals surface area (Å²) in [7, 11) is 1.47. The van der Waals surface area contributed by atoms with Gasteiger partial charge in [0.1, 0.15) is 0 Å². The van der Waals surface area contributed by atoms with Crippen LogP contribution in [0.5, 0.6) is 0 Å². The van der Waals surface area contributed by atoms with E-state index in [2.05, 4.69) is 5.32 Å². The van der Waals surface area contributed by atoms with Crippen molar-refractivity contribution in [2.24, 2.45) is 0 Å². The second kappa shape index (κ2) is 8.35. The Morgan fingerprint density at radius 2 is 1.89 bits per heavy atom. The fourth-order valence-corrected chi connectivity index (χ4v) is 2.36. The number of halogens is 2. The number of likely N-dealkylation sites (N-methyl/N-ethyl adjacent to an activating group) is 1. The lowest BCUT2D eigenvalue weighted by molar-refractivity contribution is -0.384. The van der Waals surface area contributed by atoms with Crippen LogP contribution < -0.4 is 5.32 Å². The number of amides is 2. The van der Waals surface area contributed by atoms with E-state index >= 15 is 0 Å². The monoisotopic (exact) mass is 377 g/mol. The van der Waals surface area contributed by atoms with Gasteiger partial charge in [-0.15, -0.1) is 0 Å². The van der Waals surface area contributed by atoms with Crippen molar-refractivity contribution in [3.05, 3.63) is 75.3 Å².